The Labute approximate surface area is 61.8 Å². The minimum Gasteiger partial charge on any atom is -0.386 e. The van der Waals surface area contributed by atoms with Crippen LogP contribution in [0, 0.1) is 5.92 Å². The summed E-state index contributed by atoms with van der Waals surface area (Å²) in [6.07, 6.45) is -0.361. The predicted molar refractivity (Wildman–Crippen MR) is 41.4 cm³/mol. The summed E-state index contributed by atoms with van der Waals surface area (Å²) < 4.78 is 16.0. The van der Waals surface area contributed by atoms with Crippen LogP contribution in [0.15, 0.2) is 0 Å². The van der Waals surface area contributed by atoms with Gasteiger partial charge in [-0.05, 0) is 5.92 Å². The minimum absolute atomic E-state index is 0.361. The number of aliphatic hydroxyl groups is 1. The van der Waals surface area contributed by atoms with Crippen molar-refractivity contribution in [3.8, 4) is 0 Å². The van der Waals surface area contributed by atoms with Gasteiger partial charge in [0.05, 0.1) is 6.61 Å². The molecule has 0 spiro atoms. The van der Waals surface area contributed by atoms with Crippen LogP contribution in [0.25, 0.3) is 0 Å². The van der Waals surface area contributed by atoms with Crippen molar-refractivity contribution in [2.45, 2.75) is 13.8 Å². The summed E-state index contributed by atoms with van der Waals surface area (Å²) in [7, 11) is -2.67. The van der Waals surface area contributed by atoms with E-state index in [-0.39, 0.29) is 6.35 Å². The van der Waals surface area contributed by atoms with Crippen molar-refractivity contribution in [2.24, 2.45) is 5.92 Å². The van der Waals surface area contributed by atoms with E-state index < -0.39 is 7.37 Å². The van der Waals surface area contributed by atoms with Crippen molar-refractivity contribution >= 4 is 7.37 Å². The van der Waals surface area contributed by atoms with E-state index in [0.717, 1.165) is 0 Å². The fraction of sp³-hybridized carbons (Fsp3) is 1.00. The quantitative estimate of drug-likeness (QED) is 0.644. The van der Waals surface area contributed by atoms with E-state index >= 15 is 0 Å². The Morgan fingerprint density at radius 3 is 2.40 bits per heavy atom. The molecule has 0 aromatic rings. The maximum Gasteiger partial charge on any atom is 0.224 e. The lowest BCUT2D eigenvalue weighted by Gasteiger charge is -2.11. The van der Waals surface area contributed by atoms with Crippen molar-refractivity contribution in [1.29, 1.82) is 0 Å². The summed E-state index contributed by atoms with van der Waals surface area (Å²) in [6.45, 7) is 5.83. The Balaban J connectivity index is 3.58. The first-order valence-corrected chi connectivity index (χ1v) is 5.55. The van der Waals surface area contributed by atoms with Gasteiger partial charge in [-0.3, -0.25) is 4.57 Å². The summed E-state index contributed by atoms with van der Waals surface area (Å²) in [6, 6.07) is 0. The summed E-state index contributed by atoms with van der Waals surface area (Å²) in [4.78, 5) is 0. The highest BCUT2D eigenvalue weighted by Crippen LogP contribution is 2.41. The Bertz CT molecular complexity index is 133. The Kier molecular flexibility index (Phi) is 4.18. The first-order chi connectivity index (χ1) is 4.48. The van der Waals surface area contributed by atoms with E-state index in [4.69, 9.17) is 9.63 Å². The number of hydrogen-bond acceptors (Lipinski definition) is 3. The SMILES string of the molecule is CC(C)COP(C)(=O)CO. The van der Waals surface area contributed by atoms with Gasteiger partial charge in [0.1, 0.15) is 6.35 Å². The van der Waals surface area contributed by atoms with E-state index in [0.29, 0.717) is 12.5 Å². The molecule has 0 aromatic carbocycles. The fourth-order valence-electron chi connectivity index (χ4n) is 0.348. The Hall–Kier alpha value is 0.150. The van der Waals surface area contributed by atoms with Gasteiger partial charge in [-0.1, -0.05) is 13.8 Å². The third kappa shape index (κ3) is 4.98. The molecule has 62 valence electrons. The topological polar surface area (TPSA) is 46.5 Å². The van der Waals surface area contributed by atoms with Gasteiger partial charge in [-0.25, -0.2) is 0 Å². The van der Waals surface area contributed by atoms with Gasteiger partial charge in [0.25, 0.3) is 0 Å². The van der Waals surface area contributed by atoms with Gasteiger partial charge in [-0.15, -0.1) is 0 Å². The van der Waals surface area contributed by atoms with Crippen LogP contribution in [0.1, 0.15) is 13.8 Å². The zero-order valence-electron chi connectivity index (χ0n) is 6.70. The van der Waals surface area contributed by atoms with Gasteiger partial charge >= 0.3 is 0 Å². The normalized spacial score (nSPS) is 17.3. The van der Waals surface area contributed by atoms with Crippen LogP contribution in [0.5, 0.6) is 0 Å². The molecule has 0 aliphatic heterocycles. The molecule has 4 heteroatoms. The summed E-state index contributed by atoms with van der Waals surface area (Å²) in [5, 5.41) is 8.52. The van der Waals surface area contributed by atoms with Crippen molar-refractivity contribution in [1.82, 2.24) is 0 Å². The molecule has 0 heterocycles. The second kappa shape index (κ2) is 4.12. The molecule has 0 saturated carbocycles. The zero-order valence-corrected chi connectivity index (χ0v) is 7.60. The number of aliphatic hydroxyl groups excluding tert-OH is 1. The van der Waals surface area contributed by atoms with Crippen molar-refractivity contribution in [2.75, 3.05) is 19.6 Å². The smallest absolute Gasteiger partial charge is 0.224 e. The van der Waals surface area contributed by atoms with E-state index in [1.807, 2.05) is 13.8 Å². The highest BCUT2D eigenvalue weighted by atomic mass is 31.2. The zero-order chi connectivity index (χ0) is 8.20. The molecule has 0 aliphatic rings. The molecule has 0 fully saturated rings. The Morgan fingerprint density at radius 2 is 2.10 bits per heavy atom. The predicted octanol–water partition coefficient (Wildman–Crippen LogP) is 1.52. The molecular formula is C6H15O3P. The van der Waals surface area contributed by atoms with Gasteiger partial charge in [0.15, 0.2) is 0 Å². The average Bonchev–Trinajstić information content (AvgIpc) is 1.85. The molecule has 0 amide bonds. The second-order valence-corrected chi connectivity index (χ2v) is 5.41. The maximum absolute atomic E-state index is 11.0. The van der Waals surface area contributed by atoms with Crippen LogP contribution in [0.3, 0.4) is 0 Å². The lowest BCUT2D eigenvalue weighted by atomic mass is 10.2. The molecule has 0 aromatic heterocycles. The van der Waals surface area contributed by atoms with Crippen LogP contribution in [-0.4, -0.2) is 24.7 Å². The highest BCUT2D eigenvalue weighted by Gasteiger charge is 2.13. The lowest BCUT2D eigenvalue weighted by Crippen LogP contribution is -2.01. The summed E-state index contributed by atoms with van der Waals surface area (Å²) in [5.74, 6) is 0.361. The largest absolute Gasteiger partial charge is 0.386 e. The third-order valence-corrected chi connectivity index (χ3v) is 2.15. The summed E-state index contributed by atoms with van der Waals surface area (Å²) >= 11 is 0. The van der Waals surface area contributed by atoms with Gasteiger partial charge in [0.2, 0.25) is 7.37 Å². The molecule has 0 bridgehead atoms. The van der Waals surface area contributed by atoms with Crippen molar-refractivity contribution in [3.05, 3.63) is 0 Å². The Morgan fingerprint density at radius 1 is 1.60 bits per heavy atom. The third-order valence-electron chi connectivity index (χ3n) is 0.938. The van der Waals surface area contributed by atoms with Crippen LogP contribution in [0.4, 0.5) is 0 Å². The minimum atomic E-state index is -2.67. The number of hydrogen-bond donors (Lipinski definition) is 1. The summed E-state index contributed by atoms with van der Waals surface area (Å²) in [5.41, 5.74) is 0. The molecule has 3 nitrogen and oxygen atoms in total. The number of rotatable bonds is 4. The second-order valence-electron chi connectivity index (χ2n) is 2.85. The first-order valence-electron chi connectivity index (χ1n) is 3.30. The average molecular weight is 166 g/mol. The monoisotopic (exact) mass is 166 g/mol. The molecule has 0 aliphatic carbocycles. The molecule has 0 saturated heterocycles. The van der Waals surface area contributed by atoms with Crippen LogP contribution < -0.4 is 0 Å². The molecule has 1 atom stereocenters. The lowest BCUT2D eigenvalue weighted by molar-refractivity contribution is 0.248. The van der Waals surface area contributed by atoms with Crippen LogP contribution in [0.2, 0.25) is 0 Å². The standard InChI is InChI=1S/C6H15O3P/c1-6(2)4-9-10(3,8)5-7/h6-7H,4-5H2,1-3H3. The molecule has 10 heavy (non-hydrogen) atoms. The van der Waals surface area contributed by atoms with Gasteiger partial charge < -0.3 is 9.63 Å². The van der Waals surface area contributed by atoms with E-state index in [2.05, 4.69) is 0 Å². The van der Waals surface area contributed by atoms with E-state index in [1.165, 1.54) is 6.66 Å². The fourth-order valence-corrected chi connectivity index (χ4v) is 1.04. The van der Waals surface area contributed by atoms with Crippen LogP contribution in [-0.2, 0) is 9.09 Å². The first kappa shape index (κ1) is 10.2. The van der Waals surface area contributed by atoms with E-state index in [9.17, 15) is 4.57 Å². The van der Waals surface area contributed by atoms with Gasteiger partial charge in [-0.2, -0.15) is 0 Å². The van der Waals surface area contributed by atoms with Gasteiger partial charge in [0, 0.05) is 6.66 Å². The molecule has 0 rings (SSSR count). The van der Waals surface area contributed by atoms with E-state index in [1.54, 1.807) is 0 Å². The van der Waals surface area contributed by atoms with Crippen LogP contribution >= 0.6 is 7.37 Å². The van der Waals surface area contributed by atoms with Crippen molar-refractivity contribution < 1.29 is 14.2 Å². The maximum atomic E-state index is 11.0. The molecule has 1 N–H and O–H groups in total. The molecular weight excluding hydrogens is 151 g/mol. The van der Waals surface area contributed by atoms with Crippen molar-refractivity contribution in [3.63, 3.8) is 0 Å². The molecule has 1 unspecified atom stereocenters. The molecule has 0 radical (unpaired) electrons. The highest BCUT2D eigenvalue weighted by molar-refractivity contribution is 7.57.